The molecule has 2 aromatic rings. The molecule has 0 bridgehead atoms. The van der Waals surface area contributed by atoms with Crippen LogP contribution in [0.15, 0.2) is 9.59 Å². The summed E-state index contributed by atoms with van der Waals surface area (Å²) in [6.45, 7) is 2.09. The summed E-state index contributed by atoms with van der Waals surface area (Å²) in [6.07, 6.45) is 0.980. The van der Waals surface area contributed by atoms with Gasteiger partial charge in [0.2, 0.25) is 5.28 Å². The molecule has 0 saturated heterocycles. The Morgan fingerprint density at radius 3 is 2.71 bits per heavy atom. The van der Waals surface area contributed by atoms with Crippen LogP contribution in [0, 0.1) is 5.92 Å². The van der Waals surface area contributed by atoms with Gasteiger partial charge >= 0.3 is 5.69 Å². The smallest absolute Gasteiger partial charge is 0.305 e. The zero-order chi connectivity index (χ0) is 12.3. The molecule has 0 amide bonds. The van der Waals surface area contributed by atoms with Gasteiger partial charge in [-0.2, -0.15) is 4.98 Å². The number of fused-ring (bicyclic) bond motifs is 1. The number of imidazole rings is 1. The Kier molecular flexibility index (Phi) is 2.01. The van der Waals surface area contributed by atoms with Gasteiger partial charge in [-0.1, -0.05) is 6.92 Å². The fourth-order valence-electron chi connectivity index (χ4n) is 2.10. The topological polar surface area (TPSA) is 72.7 Å². The summed E-state index contributed by atoms with van der Waals surface area (Å²) >= 11 is 6.03. The van der Waals surface area contributed by atoms with E-state index in [2.05, 4.69) is 16.9 Å². The van der Waals surface area contributed by atoms with Crippen LogP contribution in [0.5, 0.6) is 0 Å². The number of nitrogens with one attached hydrogen (secondary N) is 1. The quantitative estimate of drug-likeness (QED) is 0.760. The predicted molar refractivity (Wildman–Crippen MR) is 63.4 cm³/mol. The summed E-state index contributed by atoms with van der Waals surface area (Å²) in [5.41, 5.74) is -0.191. The second-order valence-electron chi connectivity index (χ2n) is 4.52. The van der Waals surface area contributed by atoms with E-state index >= 15 is 0 Å². The van der Waals surface area contributed by atoms with Crippen LogP contribution < -0.4 is 11.2 Å². The van der Waals surface area contributed by atoms with Crippen LogP contribution in [-0.4, -0.2) is 19.1 Å². The molecule has 2 aromatic heterocycles. The van der Waals surface area contributed by atoms with Crippen molar-refractivity contribution in [2.24, 2.45) is 13.0 Å². The van der Waals surface area contributed by atoms with Crippen LogP contribution in [0.25, 0.3) is 11.2 Å². The van der Waals surface area contributed by atoms with Crippen molar-refractivity contribution in [3.63, 3.8) is 0 Å². The van der Waals surface area contributed by atoms with E-state index in [1.807, 2.05) is 0 Å². The van der Waals surface area contributed by atoms with Gasteiger partial charge in [-0.25, -0.2) is 4.79 Å². The van der Waals surface area contributed by atoms with Crippen molar-refractivity contribution in [2.45, 2.75) is 19.4 Å². The monoisotopic (exact) mass is 254 g/mol. The third-order valence-electron chi connectivity index (χ3n) is 3.30. The largest absolute Gasteiger partial charge is 0.329 e. The Bertz CT molecular complexity index is 726. The molecule has 2 unspecified atom stereocenters. The first-order chi connectivity index (χ1) is 8.00. The molecule has 3 rings (SSSR count). The van der Waals surface area contributed by atoms with E-state index in [1.54, 1.807) is 4.57 Å². The second kappa shape index (κ2) is 3.22. The molecule has 17 heavy (non-hydrogen) atoms. The normalized spacial score (nSPS) is 23.2. The number of aromatic amines is 1. The van der Waals surface area contributed by atoms with Gasteiger partial charge in [-0.05, 0) is 23.9 Å². The summed E-state index contributed by atoms with van der Waals surface area (Å²) in [5, 5.41) is 0.258. The number of nitrogens with zero attached hydrogens (tertiary/aromatic N) is 3. The van der Waals surface area contributed by atoms with Crippen molar-refractivity contribution in [3.8, 4) is 0 Å². The third kappa shape index (κ3) is 1.37. The van der Waals surface area contributed by atoms with Gasteiger partial charge < -0.3 is 4.57 Å². The number of hydrogen-bond acceptors (Lipinski definition) is 3. The maximum absolute atomic E-state index is 12.0. The fourth-order valence-corrected chi connectivity index (χ4v) is 2.39. The van der Waals surface area contributed by atoms with E-state index in [4.69, 9.17) is 11.6 Å². The lowest BCUT2D eigenvalue weighted by Gasteiger charge is -2.03. The van der Waals surface area contributed by atoms with Gasteiger partial charge in [0.05, 0.1) is 0 Å². The molecule has 2 atom stereocenters. The first-order valence-corrected chi connectivity index (χ1v) is 5.75. The van der Waals surface area contributed by atoms with Gasteiger partial charge in [0.15, 0.2) is 11.2 Å². The highest BCUT2D eigenvalue weighted by molar-refractivity contribution is 6.29. The van der Waals surface area contributed by atoms with E-state index in [0.717, 1.165) is 11.0 Å². The fraction of sp³-hybridized carbons (Fsp3) is 0.500. The highest BCUT2D eigenvalue weighted by atomic mass is 35.5. The minimum absolute atomic E-state index is 0.214. The average Bonchev–Trinajstić information content (AvgIpc) is 2.88. The number of aromatic nitrogens is 4. The summed E-state index contributed by atoms with van der Waals surface area (Å²) in [7, 11) is 1.43. The molecule has 0 spiro atoms. The predicted octanol–water partition coefficient (Wildman–Crippen LogP) is 0.658. The minimum atomic E-state index is -0.479. The second-order valence-corrected chi connectivity index (χ2v) is 4.86. The number of hydrogen-bond donors (Lipinski definition) is 1. The van der Waals surface area contributed by atoms with Crippen LogP contribution in [0.1, 0.15) is 19.4 Å². The molecule has 1 aliphatic rings. The molecule has 2 heterocycles. The molecule has 0 aromatic carbocycles. The van der Waals surface area contributed by atoms with Crippen LogP contribution in [0.4, 0.5) is 0 Å². The van der Waals surface area contributed by atoms with Gasteiger partial charge in [-0.15, -0.1) is 0 Å². The van der Waals surface area contributed by atoms with Gasteiger partial charge in [-0.3, -0.25) is 14.3 Å². The molecule has 1 N–H and O–H groups in total. The highest BCUT2D eigenvalue weighted by Crippen LogP contribution is 2.45. The van der Waals surface area contributed by atoms with Gasteiger partial charge in [0.25, 0.3) is 5.56 Å². The molecular formula is C10H11ClN4O2. The van der Waals surface area contributed by atoms with E-state index in [1.165, 1.54) is 7.05 Å². The molecule has 90 valence electrons. The van der Waals surface area contributed by atoms with Crippen molar-refractivity contribution >= 4 is 22.8 Å². The lowest BCUT2D eigenvalue weighted by molar-refractivity contribution is 0.695. The summed E-state index contributed by atoms with van der Waals surface area (Å²) in [4.78, 5) is 30.1. The average molecular weight is 255 g/mol. The lowest BCUT2D eigenvalue weighted by atomic mass is 10.4. The SMILES string of the molecule is CC1CC1n1c(Cl)nc2[nH]c(=O)n(C)c(=O)c21. The number of halogens is 1. The Balaban J connectivity index is 2.44. The lowest BCUT2D eigenvalue weighted by Crippen LogP contribution is -2.33. The van der Waals surface area contributed by atoms with Crippen molar-refractivity contribution in [2.75, 3.05) is 0 Å². The van der Waals surface area contributed by atoms with Crippen LogP contribution >= 0.6 is 11.6 Å². The van der Waals surface area contributed by atoms with Gasteiger partial charge in [0, 0.05) is 13.1 Å². The molecule has 1 saturated carbocycles. The van der Waals surface area contributed by atoms with E-state index < -0.39 is 5.69 Å². The Morgan fingerprint density at radius 1 is 1.47 bits per heavy atom. The molecule has 0 radical (unpaired) electrons. The molecule has 7 heteroatoms. The molecular weight excluding hydrogens is 244 g/mol. The molecule has 6 nitrogen and oxygen atoms in total. The van der Waals surface area contributed by atoms with Crippen LogP contribution in [0.2, 0.25) is 5.28 Å². The first-order valence-electron chi connectivity index (χ1n) is 5.37. The molecule has 1 aliphatic carbocycles. The maximum atomic E-state index is 12.0. The summed E-state index contributed by atoms with van der Waals surface area (Å²) < 4.78 is 2.75. The standard InChI is InChI=1S/C10H11ClN4O2/c1-4-3-5(4)15-6-7(12-9(15)11)13-10(17)14(2)8(6)16/h4-5H,3H2,1-2H3,(H,13,17). The zero-order valence-electron chi connectivity index (χ0n) is 9.40. The van der Waals surface area contributed by atoms with Crippen LogP contribution in [0.3, 0.4) is 0 Å². The highest BCUT2D eigenvalue weighted by Gasteiger charge is 2.37. The molecule has 1 fully saturated rings. The Morgan fingerprint density at radius 2 is 2.12 bits per heavy atom. The Hall–Kier alpha value is -1.56. The zero-order valence-corrected chi connectivity index (χ0v) is 10.2. The summed E-state index contributed by atoms with van der Waals surface area (Å²) in [5.74, 6) is 0.488. The van der Waals surface area contributed by atoms with E-state index in [9.17, 15) is 9.59 Å². The first kappa shape index (κ1) is 10.6. The maximum Gasteiger partial charge on any atom is 0.329 e. The van der Waals surface area contributed by atoms with Crippen molar-refractivity contribution in [1.82, 2.24) is 19.1 Å². The molecule has 0 aliphatic heterocycles. The van der Waals surface area contributed by atoms with E-state index in [0.29, 0.717) is 11.4 Å². The third-order valence-corrected chi connectivity index (χ3v) is 3.57. The minimum Gasteiger partial charge on any atom is -0.305 e. The van der Waals surface area contributed by atoms with Crippen molar-refractivity contribution < 1.29 is 0 Å². The number of rotatable bonds is 1. The summed E-state index contributed by atoms with van der Waals surface area (Å²) in [6, 6.07) is 0.214. The van der Waals surface area contributed by atoms with Gasteiger partial charge in [0.1, 0.15) is 0 Å². The van der Waals surface area contributed by atoms with E-state index in [-0.39, 0.29) is 22.5 Å². The van der Waals surface area contributed by atoms with Crippen molar-refractivity contribution in [1.29, 1.82) is 0 Å². The Labute approximate surface area is 101 Å². The van der Waals surface area contributed by atoms with Crippen molar-refractivity contribution in [3.05, 3.63) is 26.1 Å². The van der Waals surface area contributed by atoms with Crippen LogP contribution in [-0.2, 0) is 7.05 Å². The number of H-pyrrole nitrogens is 1.